The summed E-state index contributed by atoms with van der Waals surface area (Å²) < 4.78 is 5.90. The van der Waals surface area contributed by atoms with E-state index < -0.39 is 0 Å². The number of carbonyl (C=O) groups excluding carboxylic acids is 2. The highest BCUT2D eigenvalue weighted by atomic mass is 79.9. The minimum absolute atomic E-state index is 0.0637. The molecular weight excluding hydrogens is 408 g/mol. The van der Waals surface area contributed by atoms with Crippen molar-refractivity contribution in [1.29, 1.82) is 0 Å². The van der Waals surface area contributed by atoms with Crippen molar-refractivity contribution < 1.29 is 14.3 Å². The Bertz CT molecular complexity index is 408. The minimum atomic E-state index is -0.334. The van der Waals surface area contributed by atoms with E-state index in [1.54, 1.807) is 0 Å². The van der Waals surface area contributed by atoms with Crippen molar-refractivity contribution in [2.75, 3.05) is 6.61 Å². The molecular formula is C10H9Br3O3. The third-order valence-electron chi connectivity index (χ3n) is 1.76. The van der Waals surface area contributed by atoms with Gasteiger partial charge in [0.25, 0.3) is 0 Å². The zero-order valence-corrected chi connectivity index (χ0v) is 13.4. The summed E-state index contributed by atoms with van der Waals surface area (Å²) in [6, 6.07) is 0. The second-order valence-corrected chi connectivity index (χ2v) is 6.01. The first-order valence-electron chi connectivity index (χ1n) is 4.53. The van der Waals surface area contributed by atoms with Crippen molar-refractivity contribution in [1.82, 2.24) is 0 Å². The fraction of sp³-hybridized carbons (Fsp3) is 0.400. The molecule has 0 heterocycles. The molecule has 0 bridgehead atoms. The number of hydrogen-bond acceptors (Lipinski definition) is 3. The monoisotopic (exact) mass is 414 g/mol. The fourth-order valence-electron chi connectivity index (χ4n) is 0.977. The molecule has 0 aromatic rings. The Morgan fingerprint density at radius 2 is 1.50 bits per heavy atom. The van der Waals surface area contributed by atoms with Crippen molar-refractivity contribution in [3.05, 3.63) is 19.2 Å². The quantitative estimate of drug-likeness (QED) is 0.662. The van der Waals surface area contributed by atoms with Gasteiger partial charge in [-0.3, -0.25) is 9.59 Å². The van der Waals surface area contributed by atoms with Crippen LogP contribution >= 0.6 is 47.8 Å². The summed E-state index contributed by atoms with van der Waals surface area (Å²) in [4.78, 5) is 23.5. The predicted octanol–water partition coefficient (Wildman–Crippen LogP) is 3.42. The van der Waals surface area contributed by atoms with E-state index in [1.165, 1.54) is 0 Å². The van der Waals surface area contributed by atoms with Gasteiger partial charge in [0.2, 0.25) is 11.6 Å². The number of rotatable bonds is 3. The molecule has 1 rings (SSSR count). The van der Waals surface area contributed by atoms with Gasteiger partial charge in [0.1, 0.15) is 4.48 Å². The molecule has 0 N–H and O–H groups in total. The van der Waals surface area contributed by atoms with E-state index in [2.05, 4.69) is 47.8 Å². The number of halogens is 3. The van der Waals surface area contributed by atoms with E-state index >= 15 is 0 Å². The number of carbonyl (C=O) groups is 2. The van der Waals surface area contributed by atoms with Crippen LogP contribution in [0.2, 0.25) is 0 Å². The molecule has 0 spiro atoms. The molecule has 6 heteroatoms. The van der Waals surface area contributed by atoms with E-state index in [9.17, 15) is 9.59 Å². The Balaban J connectivity index is 3.00. The molecule has 0 atom stereocenters. The van der Waals surface area contributed by atoms with E-state index in [1.807, 2.05) is 13.8 Å². The minimum Gasteiger partial charge on any atom is -0.488 e. The summed E-state index contributed by atoms with van der Waals surface area (Å²) in [5, 5.41) is 0. The normalized spacial score (nSPS) is 17.6. The number of hydrogen-bond donors (Lipinski definition) is 0. The smallest absolute Gasteiger partial charge is 0.237 e. The molecule has 0 aliphatic heterocycles. The third kappa shape index (κ3) is 2.84. The van der Waals surface area contributed by atoms with Gasteiger partial charge >= 0.3 is 0 Å². The van der Waals surface area contributed by atoms with Gasteiger partial charge in [0.05, 0.1) is 15.6 Å². The molecule has 0 unspecified atom stereocenters. The SMILES string of the molecule is CC(C)COC1=C(Br)C(=O)C(Br)=C(Br)C1=O. The molecule has 3 nitrogen and oxygen atoms in total. The van der Waals surface area contributed by atoms with Gasteiger partial charge in [-0.1, -0.05) is 13.8 Å². The molecule has 0 radical (unpaired) electrons. The molecule has 0 saturated heterocycles. The van der Waals surface area contributed by atoms with Crippen molar-refractivity contribution in [2.45, 2.75) is 13.8 Å². The lowest BCUT2D eigenvalue weighted by atomic mass is 10.1. The zero-order valence-electron chi connectivity index (χ0n) is 8.64. The van der Waals surface area contributed by atoms with E-state index in [0.29, 0.717) is 6.61 Å². The van der Waals surface area contributed by atoms with Crippen molar-refractivity contribution in [3.8, 4) is 0 Å². The van der Waals surface area contributed by atoms with Crippen LogP contribution in [0.25, 0.3) is 0 Å². The molecule has 0 aromatic carbocycles. The number of Topliss-reactive ketones (excluding diaryl/α,β-unsaturated/α-hetero) is 2. The molecule has 0 saturated carbocycles. The summed E-state index contributed by atoms with van der Waals surface area (Å²) >= 11 is 9.19. The number of ketones is 2. The highest BCUT2D eigenvalue weighted by Crippen LogP contribution is 2.34. The van der Waals surface area contributed by atoms with Gasteiger partial charge in [-0.15, -0.1) is 0 Å². The molecule has 1 aliphatic rings. The van der Waals surface area contributed by atoms with Crippen LogP contribution < -0.4 is 0 Å². The second-order valence-electron chi connectivity index (χ2n) is 3.63. The average molecular weight is 417 g/mol. The van der Waals surface area contributed by atoms with Crippen molar-refractivity contribution in [3.63, 3.8) is 0 Å². The first kappa shape index (κ1) is 14.1. The summed E-state index contributed by atoms with van der Waals surface area (Å²) in [6.45, 7) is 4.32. The van der Waals surface area contributed by atoms with Crippen LogP contribution in [0.15, 0.2) is 19.2 Å². The van der Waals surface area contributed by atoms with Crippen LogP contribution in [0, 0.1) is 5.92 Å². The maximum atomic E-state index is 11.8. The topological polar surface area (TPSA) is 43.4 Å². The molecule has 0 amide bonds. The van der Waals surface area contributed by atoms with Crippen LogP contribution in [-0.2, 0) is 14.3 Å². The van der Waals surface area contributed by atoms with E-state index in [-0.39, 0.29) is 36.7 Å². The first-order valence-corrected chi connectivity index (χ1v) is 6.91. The Kier molecular flexibility index (Phi) is 4.94. The van der Waals surface area contributed by atoms with Gasteiger partial charge in [-0.05, 0) is 53.7 Å². The van der Waals surface area contributed by atoms with Gasteiger partial charge in [-0.25, -0.2) is 0 Å². The van der Waals surface area contributed by atoms with Crippen LogP contribution in [0.1, 0.15) is 13.8 Å². The first-order chi connectivity index (χ1) is 7.36. The second kappa shape index (κ2) is 5.60. The molecule has 1 aliphatic carbocycles. The standard InChI is InChI=1S/C10H9Br3O3/c1-4(2)3-16-10-7(13)8(14)5(11)6(12)9(10)15/h4H,3H2,1-2H3. The molecule has 0 aromatic heterocycles. The van der Waals surface area contributed by atoms with E-state index in [0.717, 1.165) is 0 Å². The zero-order chi connectivity index (χ0) is 12.5. The Hall–Kier alpha value is 0.0600. The molecule has 88 valence electrons. The van der Waals surface area contributed by atoms with Crippen molar-refractivity contribution in [2.24, 2.45) is 5.92 Å². The largest absolute Gasteiger partial charge is 0.488 e. The maximum Gasteiger partial charge on any atom is 0.237 e. The summed E-state index contributed by atoms with van der Waals surface area (Å²) in [5.74, 6) is -0.290. The number of ether oxygens (including phenoxy) is 1. The van der Waals surface area contributed by atoms with E-state index in [4.69, 9.17) is 4.74 Å². The average Bonchev–Trinajstić information content (AvgIpc) is 2.23. The van der Waals surface area contributed by atoms with Gasteiger partial charge in [0.15, 0.2) is 5.76 Å². The van der Waals surface area contributed by atoms with Gasteiger partial charge < -0.3 is 4.74 Å². The Labute approximate surface area is 119 Å². The fourth-order valence-corrected chi connectivity index (χ4v) is 2.47. The van der Waals surface area contributed by atoms with Crippen molar-refractivity contribution >= 4 is 59.4 Å². The van der Waals surface area contributed by atoms with Gasteiger partial charge in [-0.2, -0.15) is 0 Å². The lowest BCUT2D eigenvalue weighted by molar-refractivity contribution is -0.117. The van der Waals surface area contributed by atoms with Crippen LogP contribution in [0.3, 0.4) is 0 Å². The molecule has 0 fully saturated rings. The summed E-state index contributed by atoms with van der Waals surface area (Å²) in [7, 11) is 0. The third-order valence-corrected chi connectivity index (χ3v) is 4.52. The Morgan fingerprint density at radius 3 is 2.00 bits per heavy atom. The highest BCUT2D eigenvalue weighted by Gasteiger charge is 2.32. The maximum absolute atomic E-state index is 11.8. The van der Waals surface area contributed by atoms with Crippen LogP contribution in [-0.4, -0.2) is 18.2 Å². The number of allylic oxidation sites excluding steroid dienone is 3. The van der Waals surface area contributed by atoms with Crippen LogP contribution in [0.5, 0.6) is 0 Å². The highest BCUT2D eigenvalue weighted by molar-refractivity contribution is 9.15. The lowest BCUT2D eigenvalue weighted by Crippen LogP contribution is -2.20. The molecule has 16 heavy (non-hydrogen) atoms. The Morgan fingerprint density at radius 1 is 1.00 bits per heavy atom. The lowest BCUT2D eigenvalue weighted by Gasteiger charge is -2.17. The summed E-state index contributed by atoms with van der Waals surface area (Å²) in [5.41, 5.74) is 0. The van der Waals surface area contributed by atoms with Gasteiger partial charge in [0, 0.05) is 0 Å². The van der Waals surface area contributed by atoms with Crippen LogP contribution in [0.4, 0.5) is 0 Å². The summed E-state index contributed by atoms with van der Waals surface area (Å²) in [6.07, 6.45) is 0. The predicted molar refractivity (Wildman–Crippen MR) is 71.6 cm³/mol.